The Hall–Kier alpha value is -4.28. The number of H-pyrrole nitrogens is 1. The van der Waals surface area contributed by atoms with E-state index in [4.69, 9.17) is 9.52 Å². The fraction of sp³-hybridized carbons (Fsp3) is 0.238. The maximum absolute atomic E-state index is 13.5. The van der Waals surface area contributed by atoms with Gasteiger partial charge in [-0.1, -0.05) is 6.07 Å². The molecule has 0 aromatic carbocycles. The molecule has 0 aliphatic carbocycles. The fourth-order valence-electron chi connectivity index (χ4n) is 4.19. The molecule has 5 aromatic rings. The highest BCUT2D eigenvalue weighted by Crippen LogP contribution is 2.34. The lowest BCUT2D eigenvalue weighted by Crippen LogP contribution is -2.41. The van der Waals surface area contributed by atoms with E-state index in [1.807, 2.05) is 35.8 Å². The zero-order chi connectivity index (χ0) is 21.8. The second kappa shape index (κ2) is 6.87. The number of fused-ring (bicyclic) bond motifs is 2. The highest BCUT2D eigenvalue weighted by molar-refractivity contribution is 5.90. The third kappa shape index (κ3) is 2.82. The van der Waals surface area contributed by atoms with Gasteiger partial charge in [-0.2, -0.15) is 10.2 Å². The molecule has 1 aliphatic heterocycles. The molecule has 1 N–H and O–H groups in total. The van der Waals surface area contributed by atoms with Gasteiger partial charge in [0.25, 0.3) is 5.89 Å². The molecule has 1 atom stereocenters. The maximum Gasteiger partial charge on any atom is 0.312 e. The molecule has 11 heteroatoms. The predicted octanol–water partition coefficient (Wildman–Crippen LogP) is 1.94. The van der Waals surface area contributed by atoms with E-state index in [9.17, 15) is 4.79 Å². The molecule has 160 valence electrons. The Balaban J connectivity index is 1.41. The third-order valence-corrected chi connectivity index (χ3v) is 5.76. The van der Waals surface area contributed by atoms with Crippen LogP contribution in [0.4, 0.5) is 0 Å². The molecule has 6 heterocycles. The van der Waals surface area contributed by atoms with Gasteiger partial charge in [-0.15, -0.1) is 10.2 Å². The monoisotopic (exact) mass is 429 g/mol. The van der Waals surface area contributed by atoms with Crippen molar-refractivity contribution in [1.29, 1.82) is 0 Å². The highest BCUT2D eigenvalue weighted by atomic mass is 16.4. The summed E-state index contributed by atoms with van der Waals surface area (Å²) in [5.41, 5.74) is 5.23. The minimum atomic E-state index is -0.467. The summed E-state index contributed by atoms with van der Waals surface area (Å²) >= 11 is 0. The summed E-state index contributed by atoms with van der Waals surface area (Å²) in [4.78, 5) is 22.9. The standard InChI is InChI=1S/C21H19N9O2/c1-12-4-3-6-30-16(12)8-15(27-30)18-17-14(22-11-23-17)5-7-29(18)21(31)20-26-25-19(32-20)13-9-24-28(2)10-13/h3-4,6,8-11,18H,5,7H2,1-2H3,(H,22,23)/t18-/m0/s1. The van der Waals surface area contributed by atoms with Gasteiger partial charge in [0.05, 0.1) is 35.0 Å². The van der Waals surface area contributed by atoms with Gasteiger partial charge >= 0.3 is 11.8 Å². The van der Waals surface area contributed by atoms with Gasteiger partial charge in [-0.3, -0.25) is 9.48 Å². The topological polar surface area (TPSA) is 123 Å². The van der Waals surface area contributed by atoms with E-state index in [-0.39, 0.29) is 17.7 Å². The fourth-order valence-corrected chi connectivity index (χ4v) is 4.19. The van der Waals surface area contributed by atoms with Gasteiger partial charge in [0.15, 0.2) is 0 Å². The Kier molecular flexibility index (Phi) is 3.97. The molecule has 0 saturated carbocycles. The molecule has 6 rings (SSSR count). The van der Waals surface area contributed by atoms with Crippen LogP contribution in [0, 0.1) is 6.92 Å². The molecule has 0 radical (unpaired) electrons. The van der Waals surface area contributed by atoms with Crippen molar-refractivity contribution in [3.8, 4) is 11.5 Å². The Morgan fingerprint density at radius 1 is 1.31 bits per heavy atom. The number of hydrogen-bond acceptors (Lipinski definition) is 7. The Bertz CT molecular complexity index is 1460. The lowest BCUT2D eigenvalue weighted by Gasteiger charge is -2.32. The van der Waals surface area contributed by atoms with E-state index in [2.05, 4.69) is 25.3 Å². The molecule has 32 heavy (non-hydrogen) atoms. The van der Waals surface area contributed by atoms with Crippen LogP contribution in [0.25, 0.3) is 17.0 Å². The van der Waals surface area contributed by atoms with Crippen LogP contribution in [0.1, 0.15) is 39.4 Å². The minimum Gasteiger partial charge on any atom is -0.412 e. The van der Waals surface area contributed by atoms with Gasteiger partial charge in [-0.05, 0) is 24.6 Å². The average molecular weight is 429 g/mol. The number of nitrogens with zero attached hydrogens (tertiary/aromatic N) is 8. The van der Waals surface area contributed by atoms with Gasteiger partial charge in [0.2, 0.25) is 0 Å². The first-order valence-corrected chi connectivity index (χ1v) is 10.2. The molecule has 1 amide bonds. The highest BCUT2D eigenvalue weighted by Gasteiger charge is 2.38. The van der Waals surface area contributed by atoms with E-state index < -0.39 is 6.04 Å². The number of imidazole rings is 1. The lowest BCUT2D eigenvalue weighted by molar-refractivity contribution is 0.0646. The molecule has 0 bridgehead atoms. The third-order valence-electron chi connectivity index (χ3n) is 5.76. The summed E-state index contributed by atoms with van der Waals surface area (Å²) in [6.45, 7) is 2.50. The van der Waals surface area contributed by atoms with Crippen LogP contribution in [0.3, 0.4) is 0 Å². The van der Waals surface area contributed by atoms with E-state index in [0.717, 1.165) is 28.2 Å². The van der Waals surface area contributed by atoms with Gasteiger partial charge < -0.3 is 14.3 Å². The quantitative estimate of drug-likeness (QED) is 0.465. The van der Waals surface area contributed by atoms with Crippen molar-refractivity contribution in [2.75, 3.05) is 6.54 Å². The number of hydrogen-bond donors (Lipinski definition) is 1. The number of aryl methyl sites for hydroxylation is 2. The lowest BCUT2D eigenvalue weighted by atomic mass is 9.99. The second-order valence-electron chi connectivity index (χ2n) is 7.82. The van der Waals surface area contributed by atoms with Crippen molar-refractivity contribution < 1.29 is 9.21 Å². The van der Waals surface area contributed by atoms with Crippen LogP contribution < -0.4 is 0 Å². The number of rotatable bonds is 3. The van der Waals surface area contributed by atoms with Crippen molar-refractivity contribution in [1.82, 2.24) is 44.5 Å². The molecular formula is C21H19N9O2. The number of pyridine rings is 1. The summed E-state index contributed by atoms with van der Waals surface area (Å²) in [6, 6.07) is 5.51. The van der Waals surface area contributed by atoms with E-state index in [1.165, 1.54) is 0 Å². The van der Waals surface area contributed by atoms with Crippen molar-refractivity contribution in [2.24, 2.45) is 7.05 Å². The molecule has 0 fully saturated rings. The number of carbonyl (C=O) groups excluding carboxylic acids is 1. The van der Waals surface area contributed by atoms with E-state index in [0.29, 0.717) is 18.5 Å². The first-order chi connectivity index (χ1) is 15.6. The first-order valence-electron chi connectivity index (χ1n) is 10.2. The summed E-state index contributed by atoms with van der Waals surface area (Å²) in [7, 11) is 1.79. The minimum absolute atomic E-state index is 0.0761. The van der Waals surface area contributed by atoms with Crippen LogP contribution in [0.2, 0.25) is 0 Å². The van der Waals surface area contributed by atoms with E-state index in [1.54, 1.807) is 35.4 Å². The largest absolute Gasteiger partial charge is 0.412 e. The van der Waals surface area contributed by atoms with Gasteiger partial charge in [-0.25, -0.2) is 9.50 Å². The van der Waals surface area contributed by atoms with Crippen molar-refractivity contribution in [3.05, 3.63) is 71.7 Å². The van der Waals surface area contributed by atoms with Gasteiger partial charge in [0, 0.05) is 38.1 Å². The predicted molar refractivity (Wildman–Crippen MR) is 112 cm³/mol. The first kappa shape index (κ1) is 18.5. The van der Waals surface area contributed by atoms with Crippen LogP contribution in [-0.2, 0) is 13.5 Å². The van der Waals surface area contributed by atoms with Gasteiger partial charge in [0.1, 0.15) is 6.04 Å². The number of amides is 1. The summed E-state index contributed by atoms with van der Waals surface area (Å²) < 4.78 is 9.16. The van der Waals surface area contributed by atoms with Crippen LogP contribution >= 0.6 is 0 Å². The van der Waals surface area contributed by atoms with Crippen molar-refractivity contribution >= 4 is 11.4 Å². The van der Waals surface area contributed by atoms with Crippen LogP contribution in [0.5, 0.6) is 0 Å². The van der Waals surface area contributed by atoms with Crippen LogP contribution in [-0.4, -0.2) is 56.9 Å². The summed E-state index contributed by atoms with van der Waals surface area (Å²) in [5, 5.41) is 16.9. The molecule has 0 unspecified atom stereocenters. The van der Waals surface area contributed by atoms with E-state index >= 15 is 0 Å². The summed E-state index contributed by atoms with van der Waals surface area (Å²) in [5.74, 6) is -0.188. The molecule has 5 aromatic heterocycles. The number of nitrogens with one attached hydrogen (secondary N) is 1. The normalized spacial score (nSPS) is 15.9. The van der Waals surface area contributed by atoms with Crippen molar-refractivity contribution in [2.45, 2.75) is 19.4 Å². The number of carbonyl (C=O) groups is 1. The molecule has 0 spiro atoms. The maximum atomic E-state index is 13.5. The SMILES string of the molecule is Cc1cccn2nc([C@H]3c4nc[nH]c4CCN3C(=O)c3nnc(-c4cnn(C)c4)o3)cc12. The Morgan fingerprint density at radius 2 is 2.22 bits per heavy atom. The zero-order valence-electron chi connectivity index (χ0n) is 17.4. The second-order valence-corrected chi connectivity index (χ2v) is 7.82. The molecule has 0 saturated heterocycles. The Morgan fingerprint density at radius 3 is 3.03 bits per heavy atom. The number of aromatic nitrogens is 8. The average Bonchev–Trinajstić information content (AvgIpc) is 3.57. The van der Waals surface area contributed by atoms with Crippen molar-refractivity contribution in [3.63, 3.8) is 0 Å². The number of aromatic amines is 1. The molecule has 11 nitrogen and oxygen atoms in total. The van der Waals surface area contributed by atoms with Crippen LogP contribution in [0.15, 0.2) is 47.5 Å². The summed E-state index contributed by atoms with van der Waals surface area (Å²) in [6.07, 6.45) is 7.55. The molecule has 1 aliphatic rings. The Labute approximate surface area is 181 Å². The smallest absolute Gasteiger partial charge is 0.312 e. The molecular weight excluding hydrogens is 410 g/mol. The zero-order valence-corrected chi connectivity index (χ0v) is 17.4.